The number of aromatic nitrogens is 1. The highest BCUT2D eigenvalue weighted by Crippen LogP contribution is 2.29. The molecule has 1 atom stereocenters. The Hall–Kier alpha value is -2.11. The van der Waals surface area contributed by atoms with Gasteiger partial charge in [-0.1, -0.05) is 19.3 Å². The fraction of sp³-hybridized carbons (Fsp3) is 0.682. The first-order valence-electron chi connectivity index (χ1n) is 11.0. The zero-order valence-corrected chi connectivity index (χ0v) is 16.7. The number of nitrogens with zero attached hydrogens (tertiary/aromatic N) is 3. The van der Waals surface area contributed by atoms with Gasteiger partial charge in [0.1, 0.15) is 11.9 Å². The Kier molecular flexibility index (Phi) is 6.13. The first-order valence-corrected chi connectivity index (χ1v) is 11.0. The van der Waals surface area contributed by atoms with Crippen LogP contribution in [0, 0.1) is 5.92 Å². The fourth-order valence-electron chi connectivity index (χ4n) is 4.88. The second-order valence-corrected chi connectivity index (χ2v) is 8.46. The lowest BCUT2D eigenvalue weighted by molar-refractivity contribution is -0.142. The first-order chi connectivity index (χ1) is 13.7. The summed E-state index contributed by atoms with van der Waals surface area (Å²) in [6.45, 7) is 3.33. The van der Waals surface area contributed by atoms with Crippen molar-refractivity contribution in [2.45, 2.75) is 70.4 Å². The Morgan fingerprint density at radius 2 is 1.79 bits per heavy atom. The van der Waals surface area contributed by atoms with Gasteiger partial charge < -0.3 is 15.1 Å². The van der Waals surface area contributed by atoms with Crippen molar-refractivity contribution >= 4 is 17.6 Å². The molecule has 1 aromatic rings. The molecule has 1 unspecified atom stereocenters. The number of anilines is 1. The molecule has 3 heterocycles. The molecule has 0 spiro atoms. The molecule has 152 valence electrons. The van der Waals surface area contributed by atoms with Crippen molar-refractivity contribution < 1.29 is 9.59 Å². The molecule has 2 saturated heterocycles. The Bertz CT molecular complexity index is 696. The van der Waals surface area contributed by atoms with Crippen molar-refractivity contribution in [1.82, 2.24) is 15.2 Å². The molecule has 0 radical (unpaired) electrons. The molecule has 1 N–H and O–H groups in total. The molecule has 0 aromatic carbocycles. The number of carbonyl (C=O) groups excluding carboxylic acids is 2. The summed E-state index contributed by atoms with van der Waals surface area (Å²) in [6, 6.07) is 3.74. The molecule has 0 bridgehead atoms. The molecule has 1 saturated carbocycles. The minimum atomic E-state index is -0.297. The summed E-state index contributed by atoms with van der Waals surface area (Å²) in [6.07, 6.45) is 11.4. The molecule has 28 heavy (non-hydrogen) atoms. The van der Waals surface area contributed by atoms with Crippen LogP contribution in [0.5, 0.6) is 0 Å². The van der Waals surface area contributed by atoms with Crippen LogP contribution in [-0.2, 0) is 16.1 Å². The van der Waals surface area contributed by atoms with Gasteiger partial charge in [0.2, 0.25) is 11.8 Å². The summed E-state index contributed by atoms with van der Waals surface area (Å²) in [4.78, 5) is 34.4. The lowest BCUT2D eigenvalue weighted by Gasteiger charge is -2.30. The third-order valence-electron chi connectivity index (χ3n) is 6.50. The maximum absolute atomic E-state index is 12.9. The summed E-state index contributed by atoms with van der Waals surface area (Å²) < 4.78 is 0. The standard InChI is InChI=1S/C22H32N4O2/c27-21(19-9-6-14-26(19)22(28)18-7-2-1-3-8-18)24-16-17-10-11-23-20(15-17)25-12-4-5-13-25/h10-11,15,18-19H,1-9,12-14,16H2,(H,24,27). The Morgan fingerprint density at radius 3 is 2.57 bits per heavy atom. The lowest BCUT2D eigenvalue weighted by atomic mass is 9.88. The predicted molar refractivity (Wildman–Crippen MR) is 109 cm³/mol. The van der Waals surface area contributed by atoms with Crippen LogP contribution in [0.3, 0.4) is 0 Å². The molecule has 3 fully saturated rings. The van der Waals surface area contributed by atoms with Gasteiger partial charge in [-0.05, 0) is 56.2 Å². The lowest BCUT2D eigenvalue weighted by Crippen LogP contribution is -2.48. The van der Waals surface area contributed by atoms with Crippen LogP contribution in [-0.4, -0.2) is 47.4 Å². The number of nitrogens with one attached hydrogen (secondary N) is 1. The third kappa shape index (κ3) is 4.31. The van der Waals surface area contributed by atoms with E-state index in [-0.39, 0.29) is 23.8 Å². The average Bonchev–Trinajstić information content (AvgIpc) is 3.44. The number of hydrogen-bond donors (Lipinski definition) is 1. The van der Waals surface area contributed by atoms with Crippen molar-refractivity contribution in [3.8, 4) is 0 Å². The monoisotopic (exact) mass is 384 g/mol. The summed E-state index contributed by atoms with van der Waals surface area (Å²) in [7, 11) is 0. The van der Waals surface area contributed by atoms with E-state index in [9.17, 15) is 9.59 Å². The molecule has 1 aliphatic carbocycles. The Labute approximate surface area is 167 Å². The van der Waals surface area contributed by atoms with E-state index < -0.39 is 0 Å². The average molecular weight is 385 g/mol. The fourth-order valence-corrected chi connectivity index (χ4v) is 4.88. The van der Waals surface area contributed by atoms with E-state index in [1.54, 1.807) is 0 Å². The van der Waals surface area contributed by atoms with Gasteiger partial charge >= 0.3 is 0 Å². The highest BCUT2D eigenvalue weighted by Gasteiger charge is 2.37. The van der Waals surface area contributed by atoms with E-state index in [1.807, 2.05) is 17.2 Å². The van der Waals surface area contributed by atoms with E-state index in [4.69, 9.17) is 0 Å². The zero-order valence-electron chi connectivity index (χ0n) is 16.7. The van der Waals surface area contributed by atoms with Crippen molar-refractivity contribution in [3.63, 3.8) is 0 Å². The van der Waals surface area contributed by atoms with Crippen molar-refractivity contribution in [2.24, 2.45) is 5.92 Å². The summed E-state index contributed by atoms with van der Waals surface area (Å²) >= 11 is 0. The normalized spacial score (nSPS) is 23.2. The molecular weight excluding hydrogens is 352 g/mol. The van der Waals surface area contributed by atoms with Crippen molar-refractivity contribution in [2.75, 3.05) is 24.5 Å². The van der Waals surface area contributed by atoms with E-state index in [0.717, 1.165) is 69.5 Å². The van der Waals surface area contributed by atoms with Gasteiger partial charge in [0.05, 0.1) is 0 Å². The summed E-state index contributed by atoms with van der Waals surface area (Å²) in [5.74, 6) is 1.32. The van der Waals surface area contributed by atoms with Crippen molar-refractivity contribution in [1.29, 1.82) is 0 Å². The predicted octanol–water partition coefficient (Wildman–Crippen LogP) is 2.87. The van der Waals surface area contributed by atoms with Crippen LogP contribution in [0.2, 0.25) is 0 Å². The quantitative estimate of drug-likeness (QED) is 0.848. The van der Waals surface area contributed by atoms with Gasteiger partial charge in [0.25, 0.3) is 0 Å². The zero-order chi connectivity index (χ0) is 19.3. The van der Waals surface area contributed by atoms with E-state index >= 15 is 0 Å². The number of pyridine rings is 1. The minimum Gasteiger partial charge on any atom is -0.357 e. The molecule has 4 rings (SSSR count). The molecule has 2 amide bonds. The van der Waals surface area contributed by atoms with Gasteiger partial charge in [-0.2, -0.15) is 0 Å². The van der Waals surface area contributed by atoms with Gasteiger partial charge in [-0.25, -0.2) is 4.98 Å². The largest absolute Gasteiger partial charge is 0.357 e. The number of likely N-dealkylation sites (tertiary alicyclic amines) is 1. The van der Waals surface area contributed by atoms with E-state index in [0.29, 0.717) is 6.54 Å². The molecule has 6 heteroatoms. The number of carbonyl (C=O) groups is 2. The topological polar surface area (TPSA) is 65.5 Å². The Balaban J connectivity index is 1.34. The maximum Gasteiger partial charge on any atom is 0.243 e. The SMILES string of the molecule is O=C(NCc1ccnc(N2CCCC2)c1)C1CCCN1C(=O)C1CCCCC1. The molecule has 1 aromatic heterocycles. The number of rotatable bonds is 5. The molecule has 3 aliphatic rings. The van der Waals surface area contributed by atoms with Crippen LogP contribution in [0.4, 0.5) is 5.82 Å². The van der Waals surface area contributed by atoms with E-state index in [1.165, 1.54) is 19.3 Å². The van der Waals surface area contributed by atoms with Crippen molar-refractivity contribution in [3.05, 3.63) is 23.9 Å². The molecule has 2 aliphatic heterocycles. The minimum absolute atomic E-state index is 0.0128. The van der Waals surface area contributed by atoms with Gasteiger partial charge in [-0.3, -0.25) is 9.59 Å². The second kappa shape index (κ2) is 8.93. The summed E-state index contributed by atoms with van der Waals surface area (Å²) in [5, 5.41) is 3.07. The Morgan fingerprint density at radius 1 is 1.00 bits per heavy atom. The van der Waals surface area contributed by atoms with Crippen LogP contribution >= 0.6 is 0 Å². The van der Waals surface area contributed by atoms with E-state index in [2.05, 4.69) is 21.3 Å². The maximum atomic E-state index is 12.9. The second-order valence-electron chi connectivity index (χ2n) is 8.46. The number of amides is 2. The smallest absolute Gasteiger partial charge is 0.243 e. The van der Waals surface area contributed by atoms with Gasteiger partial charge in [0.15, 0.2) is 0 Å². The van der Waals surface area contributed by atoms with Gasteiger partial charge in [-0.15, -0.1) is 0 Å². The van der Waals surface area contributed by atoms with Crippen LogP contribution in [0.25, 0.3) is 0 Å². The summed E-state index contributed by atoms with van der Waals surface area (Å²) in [5.41, 5.74) is 1.06. The number of hydrogen-bond acceptors (Lipinski definition) is 4. The highest BCUT2D eigenvalue weighted by molar-refractivity contribution is 5.89. The first kappa shape index (κ1) is 19.2. The van der Waals surface area contributed by atoms with Crippen LogP contribution in [0.1, 0.15) is 63.4 Å². The molecule has 6 nitrogen and oxygen atoms in total. The molecular formula is C22H32N4O2. The highest BCUT2D eigenvalue weighted by atomic mass is 16.2. The van der Waals surface area contributed by atoms with Gasteiger partial charge in [0, 0.05) is 38.3 Å². The van der Waals surface area contributed by atoms with Crippen LogP contribution in [0.15, 0.2) is 18.3 Å². The van der Waals surface area contributed by atoms with Crippen LogP contribution < -0.4 is 10.2 Å². The third-order valence-corrected chi connectivity index (χ3v) is 6.50.